The van der Waals surface area contributed by atoms with Crippen molar-refractivity contribution in [3.05, 3.63) is 17.4 Å². The van der Waals surface area contributed by atoms with E-state index in [4.69, 9.17) is 14.2 Å². The Labute approximate surface area is 115 Å². The minimum atomic E-state index is -0.918. The fourth-order valence-corrected chi connectivity index (χ4v) is 3.03. The van der Waals surface area contributed by atoms with E-state index in [0.717, 1.165) is 12.8 Å². The molecule has 1 aromatic carbocycles. The zero-order chi connectivity index (χ0) is 14.2. The molecule has 0 bridgehead atoms. The fourth-order valence-electron chi connectivity index (χ4n) is 3.03. The normalized spacial score (nSPS) is 18.7. The number of aliphatic imine (C=N–C) groups is 1. The van der Waals surface area contributed by atoms with Crippen LogP contribution in [0.15, 0.2) is 11.1 Å². The molecule has 0 spiro atoms. The molecule has 2 aliphatic rings. The Kier molecular flexibility index (Phi) is 3.10. The maximum Gasteiger partial charge on any atom is 0.235 e. The van der Waals surface area contributed by atoms with E-state index in [1.807, 2.05) is 0 Å². The molecule has 0 N–H and O–H groups in total. The average molecular weight is 279 g/mol. The van der Waals surface area contributed by atoms with E-state index in [1.54, 1.807) is 6.08 Å². The van der Waals surface area contributed by atoms with Crippen LogP contribution in [-0.4, -0.2) is 20.0 Å². The van der Waals surface area contributed by atoms with Crippen molar-refractivity contribution in [3.63, 3.8) is 0 Å². The van der Waals surface area contributed by atoms with Crippen molar-refractivity contribution < 1.29 is 23.4 Å². The molecule has 3 rings (SSSR count). The lowest BCUT2D eigenvalue weighted by Gasteiger charge is -2.25. The summed E-state index contributed by atoms with van der Waals surface area (Å²) in [5, 5.41) is 0. The van der Waals surface area contributed by atoms with Gasteiger partial charge in [0.25, 0.3) is 0 Å². The minimum absolute atomic E-state index is 0.0236. The summed E-state index contributed by atoms with van der Waals surface area (Å²) >= 11 is 0. The Bertz CT molecular complexity index is 589. The summed E-state index contributed by atoms with van der Waals surface area (Å²) in [5.74, 6) is 0.268. The van der Waals surface area contributed by atoms with Gasteiger partial charge in [0.2, 0.25) is 12.9 Å². The lowest BCUT2D eigenvalue weighted by atomic mass is 9.87. The van der Waals surface area contributed by atoms with E-state index >= 15 is 0 Å². The van der Waals surface area contributed by atoms with Crippen LogP contribution in [0.1, 0.15) is 31.2 Å². The highest BCUT2D eigenvalue weighted by atomic mass is 19.1. The summed E-state index contributed by atoms with van der Waals surface area (Å²) in [7, 11) is 1.38. The van der Waals surface area contributed by atoms with Crippen molar-refractivity contribution in [1.82, 2.24) is 0 Å². The Morgan fingerprint density at radius 1 is 1.40 bits per heavy atom. The molecule has 0 unspecified atom stereocenters. The van der Waals surface area contributed by atoms with Gasteiger partial charge in [0.1, 0.15) is 5.54 Å². The topological polar surface area (TPSA) is 57.1 Å². The van der Waals surface area contributed by atoms with Crippen molar-refractivity contribution in [3.8, 4) is 17.2 Å². The molecule has 20 heavy (non-hydrogen) atoms. The maximum atomic E-state index is 14.7. The SMILES string of the molecule is COc1cc2c(c(C3(N=C=O)CCCC3)c1F)OCO2. The molecule has 0 atom stereocenters. The first-order valence-corrected chi connectivity index (χ1v) is 6.47. The van der Waals surface area contributed by atoms with Gasteiger partial charge >= 0.3 is 0 Å². The van der Waals surface area contributed by atoms with Gasteiger partial charge in [-0.05, 0) is 12.8 Å². The number of hydrogen-bond acceptors (Lipinski definition) is 5. The van der Waals surface area contributed by atoms with Crippen LogP contribution in [-0.2, 0) is 10.3 Å². The molecule has 5 nitrogen and oxygen atoms in total. The number of halogens is 1. The van der Waals surface area contributed by atoms with Gasteiger partial charge < -0.3 is 14.2 Å². The molecule has 1 aliphatic heterocycles. The van der Waals surface area contributed by atoms with Gasteiger partial charge in [-0.3, -0.25) is 0 Å². The first-order chi connectivity index (χ1) is 9.72. The van der Waals surface area contributed by atoms with E-state index < -0.39 is 11.4 Å². The largest absolute Gasteiger partial charge is 0.494 e. The smallest absolute Gasteiger partial charge is 0.235 e. The molecule has 1 fully saturated rings. The predicted octanol–water partition coefficient (Wildman–Crippen LogP) is 2.67. The second kappa shape index (κ2) is 4.80. The first kappa shape index (κ1) is 12.9. The summed E-state index contributed by atoms with van der Waals surface area (Å²) < 4.78 is 30.4. The van der Waals surface area contributed by atoms with Gasteiger partial charge in [0.05, 0.1) is 12.7 Å². The number of benzene rings is 1. The lowest BCUT2D eigenvalue weighted by Crippen LogP contribution is -2.22. The van der Waals surface area contributed by atoms with Crippen molar-refractivity contribution in [1.29, 1.82) is 0 Å². The average Bonchev–Trinajstić information content (AvgIpc) is 3.07. The highest BCUT2D eigenvalue weighted by Gasteiger charge is 2.43. The zero-order valence-corrected chi connectivity index (χ0v) is 11.1. The van der Waals surface area contributed by atoms with E-state index in [2.05, 4.69) is 4.99 Å². The van der Waals surface area contributed by atoms with Crippen LogP contribution in [0.5, 0.6) is 17.2 Å². The van der Waals surface area contributed by atoms with Gasteiger partial charge in [-0.1, -0.05) is 12.8 Å². The zero-order valence-electron chi connectivity index (χ0n) is 11.1. The number of nitrogens with zero attached hydrogens (tertiary/aromatic N) is 1. The van der Waals surface area contributed by atoms with Crippen LogP contribution in [0.25, 0.3) is 0 Å². The highest BCUT2D eigenvalue weighted by molar-refractivity contribution is 5.58. The molecule has 0 radical (unpaired) electrons. The van der Waals surface area contributed by atoms with E-state index in [9.17, 15) is 9.18 Å². The Hall–Kier alpha value is -2.07. The number of ether oxygens (including phenoxy) is 3. The third-order valence-corrected chi connectivity index (χ3v) is 3.94. The molecule has 0 saturated heterocycles. The number of hydrogen-bond donors (Lipinski definition) is 0. The summed E-state index contributed by atoms with van der Waals surface area (Å²) in [6.07, 6.45) is 4.49. The molecular formula is C14H14FNO4. The van der Waals surface area contributed by atoms with E-state index in [1.165, 1.54) is 13.2 Å². The third-order valence-electron chi connectivity index (χ3n) is 3.94. The van der Waals surface area contributed by atoms with Gasteiger partial charge in [0, 0.05) is 6.07 Å². The van der Waals surface area contributed by atoms with Crippen molar-refractivity contribution in [2.75, 3.05) is 13.9 Å². The van der Waals surface area contributed by atoms with Crippen molar-refractivity contribution >= 4 is 6.08 Å². The predicted molar refractivity (Wildman–Crippen MR) is 67.3 cm³/mol. The second-order valence-corrected chi connectivity index (χ2v) is 4.94. The van der Waals surface area contributed by atoms with E-state index in [-0.39, 0.29) is 18.1 Å². The fraction of sp³-hybridized carbons (Fsp3) is 0.500. The first-order valence-electron chi connectivity index (χ1n) is 6.47. The molecule has 1 saturated carbocycles. The number of isocyanates is 1. The Balaban J connectivity index is 2.26. The number of carbonyl (C=O) groups excluding carboxylic acids is 1. The number of methoxy groups -OCH3 is 1. The maximum absolute atomic E-state index is 14.7. The molecule has 0 aromatic heterocycles. The van der Waals surface area contributed by atoms with Crippen LogP contribution in [0.2, 0.25) is 0 Å². The minimum Gasteiger partial charge on any atom is -0.494 e. The highest BCUT2D eigenvalue weighted by Crippen LogP contribution is 2.52. The second-order valence-electron chi connectivity index (χ2n) is 4.94. The molecule has 0 amide bonds. The van der Waals surface area contributed by atoms with Crippen LogP contribution in [0.4, 0.5) is 4.39 Å². The Morgan fingerprint density at radius 3 is 2.80 bits per heavy atom. The number of rotatable bonds is 3. The van der Waals surface area contributed by atoms with Crippen LogP contribution in [0.3, 0.4) is 0 Å². The molecule has 106 valence electrons. The standard InChI is InChI=1S/C14H14FNO4/c1-18-9-6-10-13(20-8-19-10)11(12(9)15)14(16-7-17)4-2-3-5-14/h6H,2-5,8H2,1H3. The molecule has 1 aromatic rings. The summed E-state index contributed by atoms with van der Waals surface area (Å²) in [4.78, 5) is 14.7. The van der Waals surface area contributed by atoms with E-state index in [0.29, 0.717) is 24.3 Å². The van der Waals surface area contributed by atoms with Crippen LogP contribution < -0.4 is 14.2 Å². The summed E-state index contributed by atoms with van der Waals surface area (Å²) in [5.41, 5.74) is -0.664. The van der Waals surface area contributed by atoms with Gasteiger partial charge in [-0.15, -0.1) is 0 Å². The van der Waals surface area contributed by atoms with Crippen LogP contribution >= 0.6 is 0 Å². The van der Waals surface area contributed by atoms with Crippen molar-refractivity contribution in [2.45, 2.75) is 31.2 Å². The van der Waals surface area contributed by atoms with Gasteiger partial charge in [-0.25, -0.2) is 9.18 Å². The summed E-state index contributed by atoms with van der Waals surface area (Å²) in [6.45, 7) is 0.0236. The van der Waals surface area contributed by atoms with Gasteiger partial charge in [0.15, 0.2) is 23.1 Å². The van der Waals surface area contributed by atoms with Gasteiger partial charge in [-0.2, -0.15) is 4.99 Å². The number of fused-ring (bicyclic) bond motifs is 1. The quantitative estimate of drug-likeness (QED) is 0.630. The molecule has 1 aliphatic carbocycles. The Morgan fingerprint density at radius 2 is 2.15 bits per heavy atom. The van der Waals surface area contributed by atoms with Crippen molar-refractivity contribution in [2.24, 2.45) is 4.99 Å². The molecule has 6 heteroatoms. The monoisotopic (exact) mass is 279 g/mol. The molecule has 1 heterocycles. The molecular weight excluding hydrogens is 265 g/mol. The third kappa shape index (κ3) is 1.76. The summed E-state index contributed by atoms with van der Waals surface area (Å²) in [6, 6.07) is 1.45. The van der Waals surface area contributed by atoms with Crippen LogP contribution in [0, 0.1) is 5.82 Å². The lowest BCUT2D eigenvalue weighted by molar-refractivity contribution is 0.171.